The van der Waals surface area contributed by atoms with Gasteiger partial charge in [0.15, 0.2) is 0 Å². The molecule has 1 N–H and O–H groups in total. The highest BCUT2D eigenvalue weighted by Gasteiger charge is 2.39. The SMILES string of the molecule is CC.CC(C)(C)OC(=O)N1CC=C(c2ccc3c(c2)CN(C2CCC(=O)NC2=O)C3=O)CC1. The number of hydrogen-bond acceptors (Lipinski definition) is 5. The number of piperidine rings is 1. The maximum atomic E-state index is 12.8. The van der Waals surface area contributed by atoms with Crippen LogP contribution in [0.2, 0.25) is 0 Å². The average Bonchev–Trinajstić information content (AvgIpc) is 3.10. The molecule has 0 saturated carbocycles. The Morgan fingerprint density at radius 3 is 2.45 bits per heavy atom. The van der Waals surface area contributed by atoms with Gasteiger partial charge in [-0.15, -0.1) is 0 Å². The van der Waals surface area contributed by atoms with Crippen LogP contribution in [0.3, 0.4) is 0 Å². The third-order valence-corrected chi connectivity index (χ3v) is 5.76. The number of nitrogens with zero attached hydrogens (tertiary/aromatic N) is 2. The number of carbonyl (C=O) groups is 4. The average molecular weight is 456 g/mol. The second-order valence-electron chi connectivity index (χ2n) is 9.18. The molecule has 1 unspecified atom stereocenters. The number of hydrogen-bond donors (Lipinski definition) is 1. The molecule has 4 amide bonds. The summed E-state index contributed by atoms with van der Waals surface area (Å²) >= 11 is 0. The van der Waals surface area contributed by atoms with Gasteiger partial charge < -0.3 is 14.5 Å². The lowest BCUT2D eigenvalue weighted by Gasteiger charge is -2.29. The van der Waals surface area contributed by atoms with Crippen LogP contribution in [0.25, 0.3) is 5.57 Å². The fourth-order valence-electron chi connectivity index (χ4n) is 4.20. The highest BCUT2D eigenvalue weighted by molar-refractivity contribution is 6.05. The van der Waals surface area contributed by atoms with Gasteiger partial charge in [0, 0.05) is 31.6 Å². The van der Waals surface area contributed by atoms with Crippen LogP contribution >= 0.6 is 0 Å². The van der Waals surface area contributed by atoms with Gasteiger partial charge in [0.1, 0.15) is 11.6 Å². The van der Waals surface area contributed by atoms with E-state index >= 15 is 0 Å². The molecule has 33 heavy (non-hydrogen) atoms. The summed E-state index contributed by atoms with van der Waals surface area (Å²) in [6.45, 7) is 10.9. The molecule has 1 saturated heterocycles. The van der Waals surface area contributed by atoms with E-state index in [1.165, 1.54) is 0 Å². The van der Waals surface area contributed by atoms with Crippen molar-refractivity contribution in [2.45, 2.75) is 72.1 Å². The normalized spacial score (nSPS) is 20.5. The van der Waals surface area contributed by atoms with Crippen molar-refractivity contribution in [3.05, 3.63) is 41.0 Å². The van der Waals surface area contributed by atoms with Gasteiger partial charge in [-0.1, -0.05) is 26.0 Å². The minimum atomic E-state index is -0.614. The van der Waals surface area contributed by atoms with Crippen molar-refractivity contribution in [3.8, 4) is 0 Å². The molecular weight excluding hydrogens is 422 g/mol. The molecule has 0 bridgehead atoms. The van der Waals surface area contributed by atoms with Crippen molar-refractivity contribution >= 4 is 29.4 Å². The van der Waals surface area contributed by atoms with E-state index in [1.54, 1.807) is 15.9 Å². The first-order valence-corrected chi connectivity index (χ1v) is 11.6. The summed E-state index contributed by atoms with van der Waals surface area (Å²) in [5.41, 5.74) is 3.08. The van der Waals surface area contributed by atoms with Crippen LogP contribution in [0.4, 0.5) is 4.79 Å². The molecule has 0 radical (unpaired) electrons. The van der Waals surface area contributed by atoms with E-state index in [4.69, 9.17) is 4.74 Å². The summed E-state index contributed by atoms with van der Waals surface area (Å²) in [6.07, 6.45) is 2.99. The van der Waals surface area contributed by atoms with E-state index in [9.17, 15) is 19.2 Å². The Hall–Kier alpha value is -3.16. The topological polar surface area (TPSA) is 96.0 Å². The minimum Gasteiger partial charge on any atom is -0.444 e. The lowest BCUT2D eigenvalue weighted by molar-refractivity contribution is -0.136. The van der Waals surface area contributed by atoms with Crippen LogP contribution < -0.4 is 5.32 Å². The maximum absolute atomic E-state index is 12.8. The molecule has 8 nitrogen and oxygen atoms in total. The Kier molecular flexibility index (Phi) is 7.25. The summed E-state index contributed by atoms with van der Waals surface area (Å²) in [5.74, 6) is -0.878. The second-order valence-corrected chi connectivity index (χ2v) is 9.18. The van der Waals surface area contributed by atoms with Crippen LogP contribution in [0, 0.1) is 0 Å². The molecule has 3 heterocycles. The van der Waals surface area contributed by atoms with Crippen molar-refractivity contribution < 1.29 is 23.9 Å². The zero-order chi connectivity index (χ0) is 24.3. The number of nitrogens with one attached hydrogen (secondary N) is 1. The summed E-state index contributed by atoms with van der Waals surface area (Å²) in [7, 11) is 0. The molecule has 0 spiro atoms. The Labute approximate surface area is 194 Å². The molecule has 0 aromatic heterocycles. The third kappa shape index (κ3) is 5.43. The lowest BCUT2D eigenvalue weighted by Crippen LogP contribution is -2.52. The highest BCUT2D eigenvalue weighted by Crippen LogP contribution is 2.31. The molecule has 8 heteroatoms. The summed E-state index contributed by atoms with van der Waals surface area (Å²) in [6, 6.07) is 5.10. The highest BCUT2D eigenvalue weighted by atomic mass is 16.6. The Morgan fingerprint density at radius 2 is 1.85 bits per heavy atom. The molecule has 3 aliphatic rings. The van der Waals surface area contributed by atoms with E-state index in [0.717, 1.165) is 16.7 Å². The molecule has 3 aliphatic heterocycles. The predicted molar refractivity (Wildman–Crippen MR) is 124 cm³/mol. The van der Waals surface area contributed by atoms with Crippen LogP contribution in [-0.4, -0.2) is 58.3 Å². The van der Waals surface area contributed by atoms with E-state index in [2.05, 4.69) is 5.32 Å². The molecule has 1 atom stereocenters. The summed E-state index contributed by atoms with van der Waals surface area (Å²) in [4.78, 5) is 51.9. The van der Waals surface area contributed by atoms with Gasteiger partial charge in [0.2, 0.25) is 11.8 Å². The summed E-state index contributed by atoms with van der Waals surface area (Å²) in [5, 5.41) is 2.32. The smallest absolute Gasteiger partial charge is 0.410 e. The Balaban J connectivity index is 0.00000149. The predicted octanol–water partition coefficient (Wildman–Crippen LogP) is 3.50. The van der Waals surface area contributed by atoms with Gasteiger partial charge in [-0.05, 0) is 62.4 Å². The Morgan fingerprint density at radius 1 is 1.12 bits per heavy atom. The monoisotopic (exact) mass is 455 g/mol. The van der Waals surface area contributed by atoms with E-state index in [1.807, 2.05) is 52.8 Å². The number of amides is 4. The molecule has 1 aromatic rings. The first-order valence-electron chi connectivity index (χ1n) is 11.6. The molecule has 1 aromatic carbocycles. The number of rotatable bonds is 2. The first kappa shape index (κ1) is 24.5. The van der Waals surface area contributed by atoms with Gasteiger partial charge in [-0.2, -0.15) is 0 Å². The van der Waals surface area contributed by atoms with Crippen LogP contribution in [0.1, 0.15) is 75.4 Å². The number of benzene rings is 1. The van der Waals surface area contributed by atoms with Gasteiger partial charge in [-0.3, -0.25) is 19.7 Å². The van der Waals surface area contributed by atoms with E-state index < -0.39 is 17.6 Å². The first-order chi connectivity index (χ1) is 15.6. The number of imide groups is 1. The quantitative estimate of drug-likeness (QED) is 0.689. The van der Waals surface area contributed by atoms with Crippen LogP contribution in [0.5, 0.6) is 0 Å². The third-order valence-electron chi connectivity index (χ3n) is 5.76. The van der Waals surface area contributed by atoms with Crippen molar-refractivity contribution in [3.63, 3.8) is 0 Å². The van der Waals surface area contributed by atoms with E-state index in [-0.39, 0.29) is 24.3 Å². The Bertz CT molecular complexity index is 992. The lowest BCUT2D eigenvalue weighted by atomic mass is 9.96. The molecular formula is C25H33N3O5. The van der Waals surface area contributed by atoms with Gasteiger partial charge in [0.25, 0.3) is 5.91 Å². The van der Waals surface area contributed by atoms with Crippen molar-refractivity contribution in [1.82, 2.24) is 15.1 Å². The van der Waals surface area contributed by atoms with Crippen molar-refractivity contribution in [2.75, 3.05) is 13.1 Å². The molecule has 1 fully saturated rings. The standard InChI is InChI=1S/C23H27N3O5.C2H6/c1-23(2,3)31-22(30)25-10-8-14(9-11-25)15-4-5-17-16(12-15)13-26(21(17)29)18-6-7-19(27)24-20(18)28;1-2/h4-5,8,12,18H,6-7,9-11,13H2,1-3H3,(H,24,27,28);1-2H3. The summed E-state index contributed by atoms with van der Waals surface area (Å²) < 4.78 is 5.44. The zero-order valence-corrected chi connectivity index (χ0v) is 20.1. The molecule has 178 valence electrons. The van der Waals surface area contributed by atoms with Gasteiger partial charge in [-0.25, -0.2) is 4.79 Å². The maximum Gasteiger partial charge on any atom is 0.410 e. The van der Waals surface area contributed by atoms with Crippen LogP contribution in [-0.2, 0) is 20.9 Å². The van der Waals surface area contributed by atoms with Crippen LogP contribution in [0.15, 0.2) is 24.3 Å². The van der Waals surface area contributed by atoms with Crippen molar-refractivity contribution in [2.24, 2.45) is 0 Å². The zero-order valence-electron chi connectivity index (χ0n) is 20.1. The minimum absolute atomic E-state index is 0.176. The fourth-order valence-corrected chi connectivity index (χ4v) is 4.20. The molecule has 4 rings (SSSR count). The molecule has 0 aliphatic carbocycles. The number of carbonyl (C=O) groups excluding carboxylic acids is 4. The second kappa shape index (κ2) is 9.77. The number of fused-ring (bicyclic) bond motifs is 1. The van der Waals surface area contributed by atoms with Gasteiger partial charge >= 0.3 is 6.09 Å². The van der Waals surface area contributed by atoms with E-state index in [0.29, 0.717) is 38.0 Å². The largest absolute Gasteiger partial charge is 0.444 e. The van der Waals surface area contributed by atoms with Gasteiger partial charge in [0.05, 0.1) is 0 Å². The fraction of sp³-hybridized carbons (Fsp3) is 0.520. The number of ether oxygens (including phenoxy) is 1. The van der Waals surface area contributed by atoms with Crippen molar-refractivity contribution in [1.29, 1.82) is 0 Å².